The van der Waals surface area contributed by atoms with Gasteiger partial charge in [-0.3, -0.25) is 14.6 Å². The average Bonchev–Trinajstić information content (AvgIpc) is 3.15. The van der Waals surface area contributed by atoms with Crippen LogP contribution in [0.2, 0.25) is 0 Å². The number of amides is 1. The molecular weight excluding hydrogens is 368 g/mol. The van der Waals surface area contributed by atoms with E-state index in [2.05, 4.69) is 52.8 Å². The summed E-state index contributed by atoms with van der Waals surface area (Å²) in [6, 6.07) is 8.80. The van der Waals surface area contributed by atoms with E-state index in [1.54, 1.807) is 11.3 Å². The lowest BCUT2D eigenvalue weighted by Crippen LogP contribution is -2.56. The maximum absolute atomic E-state index is 13.1. The van der Waals surface area contributed by atoms with Crippen LogP contribution in [0.4, 0.5) is 0 Å². The summed E-state index contributed by atoms with van der Waals surface area (Å²) in [5.74, 6) is 0.339. The number of carbonyl (C=O) groups is 1. The van der Waals surface area contributed by atoms with Crippen LogP contribution in [0.25, 0.3) is 10.2 Å². The van der Waals surface area contributed by atoms with Crippen molar-refractivity contribution in [1.82, 2.24) is 19.7 Å². The number of piperazine rings is 1. The lowest BCUT2D eigenvalue weighted by Gasteiger charge is -2.42. The van der Waals surface area contributed by atoms with Crippen molar-refractivity contribution in [2.75, 3.05) is 32.7 Å². The SMILES string of the molecule is CCC1CCCCN1C(=O)C(C)N1CCN(Cc2nc3ccccc3s2)CC1. The molecule has 2 fully saturated rings. The number of fused-ring (bicyclic) bond motifs is 1. The van der Waals surface area contributed by atoms with E-state index in [0.29, 0.717) is 11.9 Å². The van der Waals surface area contributed by atoms with Crippen LogP contribution in [0.5, 0.6) is 0 Å². The highest BCUT2D eigenvalue weighted by molar-refractivity contribution is 7.18. The molecule has 3 heterocycles. The smallest absolute Gasteiger partial charge is 0.239 e. The third-order valence-electron chi connectivity index (χ3n) is 6.39. The van der Waals surface area contributed by atoms with E-state index in [0.717, 1.165) is 57.6 Å². The third-order valence-corrected chi connectivity index (χ3v) is 7.41. The molecule has 1 amide bonds. The van der Waals surface area contributed by atoms with Gasteiger partial charge in [0, 0.05) is 38.8 Å². The first kappa shape index (κ1) is 19.8. The Hall–Kier alpha value is -1.50. The van der Waals surface area contributed by atoms with Crippen LogP contribution in [-0.2, 0) is 11.3 Å². The maximum atomic E-state index is 13.1. The Morgan fingerprint density at radius 2 is 1.96 bits per heavy atom. The van der Waals surface area contributed by atoms with E-state index in [4.69, 9.17) is 4.98 Å². The fourth-order valence-corrected chi connectivity index (χ4v) is 5.61. The average molecular weight is 401 g/mol. The van der Waals surface area contributed by atoms with Crippen molar-refractivity contribution >= 4 is 27.5 Å². The van der Waals surface area contributed by atoms with Gasteiger partial charge in [0.2, 0.25) is 5.91 Å². The molecule has 28 heavy (non-hydrogen) atoms. The van der Waals surface area contributed by atoms with Crippen LogP contribution in [0.15, 0.2) is 24.3 Å². The zero-order valence-electron chi connectivity index (χ0n) is 17.1. The van der Waals surface area contributed by atoms with Crippen LogP contribution in [0.3, 0.4) is 0 Å². The van der Waals surface area contributed by atoms with Crippen LogP contribution >= 0.6 is 11.3 Å². The Bertz CT molecular complexity index is 766. The van der Waals surface area contributed by atoms with E-state index >= 15 is 0 Å². The summed E-state index contributed by atoms with van der Waals surface area (Å²) in [4.78, 5) is 24.9. The zero-order chi connectivity index (χ0) is 19.5. The number of aromatic nitrogens is 1. The van der Waals surface area contributed by atoms with Crippen molar-refractivity contribution in [2.24, 2.45) is 0 Å². The molecule has 5 nitrogen and oxygen atoms in total. The molecule has 2 unspecified atom stereocenters. The number of thiazole rings is 1. The van der Waals surface area contributed by atoms with Crippen LogP contribution in [-0.4, -0.2) is 70.4 Å². The second-order valence-corrected chi connectivity index (χ2v) is 9.27. The Morgan fingerprint density at radius 1 is 1.18 bits per heavy atom. The van der Waals surface area contributed by atoms with E-state index in [1.165, 1.54) is 22.5 Å². The molecule has 1 aromatic carbocycles. The lowest BCUT2D eigenvalue weighted by atomic mass is 9.99. The number of para-hydroxylation sites is 1. The zero-order valence-corrected chi connectivity index (χ0v) is 18.0. The van der Waals surface area contributed by atoms with Gasteiger partial charge in [0.1, 0.15) is 5.01 Å². The first-order chi connectivity index (χ1) is 13.7. The predicted octanol–water partition coefficient (Wildman–Crippen LogP) is 3.59. The summed E-state index contributed by atoms with van der Waals surface area (Å²) in [7, 11) is 0. The molecule has 0 N–H and O–H groups in total. The highest BCUT2D eigenvalue weighted by Crippen LogP contribution is 2.24. The minimum atomic E-state index is -0.00301. The van der Waals surface area contributed by atoms with Crippen molar-refractivity contribution < 1.29 is 4.79 Å². The van der Waals surface area contributed by atoms with Gasteiger partial charge in [-0.05, 0) is 44.7 Å². The Morgan fingerprint density at radius 3 is 2.71 bits per heavy atom. The highest BCUT2D eigenvalue weighted by atomic mass is 32.1. The van der Waals surface area contributed by atoms with Gasteiger partial charge in [-0.25, -0.2) is 4.98 Å². The summed E-state index contributed by atoms with van der Waals surface area (Å²) in [6.07, 6.45) is 4.67. The first-order valence-electron chi connectivity index (χ1n) is 10.8. The number of likely N-dealkylation sites (tertiary alicyclic amines) is 1. The molecule has 0 saturated carbocycles. The molecule has 2 aliphatic rings. The van der Waals surface area contributed by atoms with Gasteiger partial charge in [-0.2, -0.15) is 0 Å². The second-order valence-electron chi connectivity index (χ2n) is 8.15. The number of carbonyl (C=O) groups excluding carboxylic acids is 1. The standard InChI is InChI=1S/C22H32N4OS/c1-3-18-8-6-7-11-26(18)22(27)17(2)25-14-12-24(13-15-25)16-21-23-19-9-4-5-10-20(19)28-21/h4-5,9-10,17-18H,3,6-8,11-16H2,1-2H3. The number of benzene rings is 1. The van der Waals surface area contributed by atoms with Gasteiger partial charge in [0.05, 0.1) is 22.8 Å². The number of hydrogen-bond acceptors (Lipinski definition) is 5. The van der Waals surface area contributed by atoms with Crippen molar-refractivity contribution in [3.63, 3.8) is 0 Å². The highest BCUT2D eigenvalue weighted by Gasteiger charge is 2.32. The molecule has 0 aliphatic carbocycles. The van der Waals surface area contributed by atoms with Crippen LogP contribution < -0.4 is 0 Å². The van der Waals surface area contributed by atoms with Crippen molar-refractivity contribution in [1.29, 1.82) is 0 Å². The summed E-state index contributed by atoms with van der Waals surface area (Å²) >= 11 is 1.80. The molecule has 0 radical (unpaired) electrons. The van der Waals surface area contributed by atoms with Crippen LogP contribution in [0.1, 0.15) is 44.5 Å². The second kappa shape index (κ2) is 8.89. The van der Waals surface area contributed by atoms with Gasteiger partial charge in [0.25, 0.3) is 0 Å². The minimum absolute atomic E-state index is 0.00301. The Labute approximate surface area is 172 Å². The predicted molar refractivity (Wildman–Crippen MR) is 116 cm³/mol. The molecule has 0 spiro atoms. The van der Waals surface area contributed by atoms with Gasteiger partial charge in [-0.15, -0.1) is 11.3 Å². The third kappa shape index (κ3) is 4.24. The fourth-order valence-electron chi connectivity index (χ4n) is 4.60. The normalized spacial score (nSPS) is 23.2. The molecule has 2 aromatic rings. The van der Waals surface area contributed by atoms with Crippen molar-refractivity contribution in [3.8, 4) is 0 Å². The van der Waals surface area contributed by atoms with E-state index in [9.17, 15) is 4.79 Å². The van der Waals surface area contributed by atoms with E-state index in [1.807, 2.05) is 0 Å². The lowest BCUT2D eigenvalue weighted by molar-refractivity contribution is -0.141. The number of rotatable bonds is 5. The molecule has 6 heteroatoms. The summed E-state index contributed by atoms with van der Waals surface area (Å²) < 4.78 is 1.27. The van der Waals surface area contributed by atoms with Crippen molar-refractivity contribution in [3.05, 3.63) is 29.3 Å². The maximum Gasteiger partial charge on any atom is 0.239 e. The summed E-state index contributed by atoms with van der Waals surface area (Å²) in [6.45, 7) is 10.1. The first-order valence-corrected chi connectivity index (χ1v) is 11.6. The summed E-state index contributed by atoms with van der Waals surface area (Å²) in [5.41, 5.74) is 1.10. The van der Waals surface area contributed by atoms with E-state index in [-0.39, 0.29) is 6.04 Å². The number of nitrogens with zero attached hydrogens (tertiary/aromatic N) is 4. The summed E-state index contributed by atoms with van der Waals surface area (Å²) in [5, 5.41) is 1.19. The van der Waals surface area contributed by atoms with Crippen LogP contribution in [0, 0.1) is 0 Å². The van der Waals surface area contributed by atoms with Gasteiger partial charge >= 0.3 is 0 Å². The monoisotopic (exact) mass is 400 g/mol. The number of hydrogen-bond donors (Lipinski definition) is 0. The van der Waals surface area contributed by atoms with E-state index < -0.39 is 0 Å². The van der Waals surface area contributed by atoms with Gasteiger partial charge in [0.15, 0.2) is 0 Å². The number of piperidine rings is 1. The van der Waals surface area contributed by atoms with Gasteiger partial charge in [-0.1, -0.05) is 19.1 Å². The topological polar surface area (TPSA) is 39.7 Å². The molecule has 2 saturated heterocycles. The Kier molecular flexibility index (Phi) is 6.28. The van der Waals surface area contributed by atoms with Gasteiger partial charge < -0.3 is 4.90 Å². The van der Waals surface area contributed by atoms with Crippen molar-refractivity contribution in [2.45, 2.75) is 58.2 Å². The molecule has 4 rings (SSSR count). The molecule has 152 valence electrons. The molecule has 0 bridgehead atoms. The largest absolute Gasteiger partial charge is 0.338 e. The Balaban J connectivity index is 1.31. The molecular formula is C22H32N4OS. The quantitative estimate of drug-likeness (QED) is 0.769. The molecule has 2 atom stereocenters. The molecule has 1 aromatic heterocycles. The fraction of sp³-hybridized carbons (Fsp3) is 0.636. The molecule has 2 aliphatic heterocycles. The minimum Gasteiger partial charge on any atom is -0.338 e.